The molecule has 0 bridgehead atoms. The summed E-state index contributed by atoms with van der Waals surface area (Å²) in [6.45, 7) is 1.72. The first kappa shape index (κ1) is 13.2. The highest BCUT2D eigenvalue weighted by atomic mass is 35.5. The molecule has 3 rings (SSSR count). The number of aromatic amines is 1. The van der Waals surface area contributed by atoms with E-state index in [4.69, 9.17) is 11.6 Å². The van der Waals surface area contributed by atoms with Gasteiger partial charge in [-0.15, -0.1) is 0 Å². The summed E-state index contributed by atoms with van der Waals surface area (Å²) in [4.78, 5) is 21.2. The highest BCUT2D eigenvalue weighted by molar-refractivity contribution is 6.30. The Balaban J connectivity index is 1.62. The lowest BCUT2D eigenvalue weighted by Gasteiger charge is -2.27. The number of rotatable bonds is 3. The molecule has 0 radical (unpaired) electrons. The average Bonchev–Trinajstić information content (AvgIpc) is 3.05. The van der Waals surface area contributed by atoms with Gasteiger partial charge < -0.3 is 14.5 Å². The van der Waals surface area contributed by atoms with Crippen molar-refractivity contribution in [2.75, 3.05) is 13.6 Å². The normalized spacial score (nSPS) is 17.8. The summed E-state index contributed by atoms with van der Waals surface area (Å²) in [7, 11) is 1.83. The molecule has 6 heteroatoms. The van der Waals surface area contributed by atoms with Crippen molar-refractivity contribution in [1.29, 1.82) is 0 Å². The zero-order valence-corrected chi connectivity index (χ0v) is 12.1. The van der Waals surface area contributed by atoms with Crippen LogP contribution in [-0.4, -0.2) is 38.9 Å². The molecular formula is C14H17ClN4O. The number of carbonyl (C=O) groups is 1. The fraction of sp³-hybridized carbons (Fsp3) is 0.429. The van der Waals surface area contributed by atoms with Crippen molar-refractivity contribution in [2.45, 2.75) is 19.4 Å². The standard InChI is InChI=1S/C14H17ClN4O/c1-18(14(20)12-7-11(15)8-17-12)9-10-2-4-19-5-3-16-13(19)6-10/h3,5,7-8,10,17H,2,4,6,9H2,1H3/t10-/m1/s1. The van der Waals surface area contributed by atoms with Gasteiger partial charge in [-0.3, -0.25) is 4.79 Å². The van der Waals surface area contributed by atoms with Crippen LogP contribution >= 0.6 is 11.6 Å². The van der Waals surface area contributed by atoms with Crippen molar-refractivity contribution in [3.8, 4) is 0 Å². The number of aryl methyl sites for hydroxylation is 1. The number of carbonyl (C=O) groups excluding carboxylic acids is 1. The Kier molecular flexibility index (Phi) is 3.53. The van der Waals surface area contributed by atoms with Gasteiger partial charge in [0.05, 0.1) is 5.02 Å². The minimum Gasteiger partial charge on any atom is -0.356 e. The summed E-state index contributed by atoms with van der Waals surface area (Å²) >= 11 is 5.83. The zero-order valence-electron chi connectivity index (χ0n) is 11.3. The second-order valence-corrected chi connectivity index (χ2v) is 5.75. The van der Waals surface area contributed by atoms with E-state index in [0.29, 0.717) is 16.6 Å². The number of hydrogen-bond acceptors (Lipinski definition) is 2. The molecule has 0 aromatic carbocycles. The van der Waals surface area contributed by atoms with Crippen LogP contribution in [0.4, 0.5) is 0 Å². The van der Waals surface area contributed by atoms with Crippen LogP contribution in [0, 0.1) is 5.92 Å². The quantitative estimate of drug-likeness (QED) is 0.943. The Morgan fingerprint density at radius 1 is 1.65 bits per heavy atom. The lowest BCUT2D eigenvalue weighted by Crippen LogP contribution is -2.35. The molecule has 2 aromatic heterocycles. The Labute approximate surface area is 122 Å². The van der Waals surface area contributed by atoms with Gasteiger partial charge in [0.2, 0.25) is 0 Å². The SMILES string of the molecule is CN(C[C@@H]1CCn2ccnc2C1)C(=O)c1cc(Cl)c[nH]1. The van der Waals surface area contributed by atoms with E-state index < -0.39 is 0 Å². The fourth-order valence-corrected chi connectivity index (χ4v) is 2.90. The van der Waals surface area contributed by atoms with Gasteiger partial charge in [-0.05, 0) is 18.4 Å². The van der Waals surface area contributed by atoms with Gasteiger partial charge in [0.1, 0.15) is 11.5 Å². The van der Waals surface area contributed by atoms with Gasteiger partial charge >= 0.3 is 0 Å². The molecular weight excluding hydrogens is 276 g/mol. The predicted octanol–water partition coefficient (Wildman–Crippen LogP) is 2.20. The van der Waals surface area contributed by atoms with Crippen molar-refractivity contribution in [3.05, 3.63) is 41.2 Å². The van der Waals surface area contributed by atoms with E-state index in [0.717, 1.165) is 31.8 Å². The minimum absolute atomic E-state index is 0.0224. The van der Waals surface area contributed by atoms with Crippen molar-refractivity contribution in [1.82, 2.24) is 19.4 Å². The summed E-state index contributed by atoms with van der Waals surface area (Å²) in [6.07, 6.45) is 7.48. The van der Waals surface area contributed by atoms with Crippen LogP contribution in [0.25, 0.3) is 0 Å². The van der Waals surface area contributed by atoms with Gasteiger partial charge in [-0.1, -0.05) is 11.6 Å². The third kappa shape index (κ3) is 2.58. The van der Waals surface area contributed by atoms with Crippen molar-refractivity contribution < 1.29 is 4.79 Å². The lowest BCUT2D eigenvalue weighted by molar-refractivity contribution is 0.0759. The summed E-state index contributed by atoms with van der Waals surface area (Å²) in [5.41, 5.74) is 0.537. The minimum atomic E-state index is -0.0224. The molecule has 5 nitrogen and oxygen atoms in total. The molecule has 0 saturated carbocycles. The molecule has 2 aromatic rings. The molecule has 0 saturated heterocycles. The van der Waals surface area contributed by atoms with Crippen molar-refractivity contribution in [3.63, 3.8) is 0 Å². The molecule has 1 aliphatic heterocycles. The van der Waals surface area contributed by atoms with Gasteiger partial charge in [-0.25, -0.2) is 4.98 Å². The van der Waals surface area contributed by atoms with E-state index in [1.807, 2.05) is 19.4 Å². The number of H-pyrrole nitrogens is 1. The Hall–Kier alpha value is -1.75. The van der Waals surface area contributed by atoms with Crippen LogP contribution in [0.1, 0.15) is 22.7 Å². The van der Waals surface area contributed by atoms with Gasteiger partial charge in [0, 0.05) is 45.1 Å². The molecule has 1 amide bonds. The molecule has 1 aliphatic rings. The molecule has 1 atom stereocenters. The number of aromatic nitrogens is 3. The monoisotopic (exact) mass is 292 g/mol. The Morgan fingerprint density at radius 2 is 2.50 bits per heavy atom. The molecule has 3 heterocycles. The maximum atomic E-state index is 12.2. The summed E-state index contributed by atoms with van der Waals surface area (Å²) in [5.74, 6) is 1.56. The molecule has 0 spiro atoms. The summed E-state index contributed by atoms with van der Waals surface area (Å²) in [5, 5.41) is 0.557. The summed E-state index contributed by atoms with van der Waals surface area (Å²) < 4.78 is 2.18. The van der Waals surface area contributed by atoms with E-state index in [2.05, 4.69) is 14.5 Å². The largest absolute Gasteiger partial charge is 0.356 e. The maximum Gasteiger partial charge on any atom is 0.270 e. The van der Waals surface area contributed by atoms with Crippen LogP contribution < -0.4 is 0 Å². The van der Waals surface area contributed by atoms with Gasteiger partial charge in [-0.2, -0.15) is 0 Å². The third-order valence-corrected chi connectivity index (χ3v) is 4.03. The van der Waals surface area contributed by atoms with Crippen molar-refractivity contribution in [2.24, 2.45) is 5.92 Å². The van der Waals surface area contributed by atoms with E-state index in [1.54, 1.807) is 17.2 Å². The number of hydrogen-bond donors (Lipinski definition) is 1. The van der Waals surface area contributed by atoms with E-state index >= 15 is 0 Å². The first-order chi connectivity index (χ1) is 9.63. The first-order valence-electron chi connectivity index (χ1n) is 6.73. The zero-order chi connectivity index (χ0) is 14.1. The molecule has 106 valence electrons. The first-order valence-corrected chi connectivity index (χ1v) is 7.10. The topological polar surface area (TPSA) is 53.9 Å². The maximum absolute atomic E-state index is 12.2. The highest BCUT2D eigenvalue weighted by Crippen LogP contribution is 2.20. The second kappa shape index (κ2) is 5.32. The fourth-order valence-electron chi connectivity index (χ4n) is 2.74. The lowest BCUT2D eigenvalue weighted by atomic mass is 9.97. The predicted molar refractivity (Wildman–Crippen MR) is 76.8 cm³/mol. The third-order valence-electron chi connectivity index (χ3n) is 3.81. The molecule has 0 aliphatic carbocycles. The molecule has 0 unspecified atom stereocenters. The number of amides is 1. The number of imidazole rings is 1. The van der Waals surface area contributed by atoms with E-state index in [1.165, 1.54) is 0 Å². The molecule has 0 fully saturated rings. The van der Waals surface area contributed by atoms with E-state index in [-0.39, 0.29) is 5.91 Å². The average molecular weight is 293 g/mol. The van der Waals surface area contributed by atoms with Crippen LogP contribution in [0.2, 0.25) is 5.02 Å². The number of halogens is 1. The Bertz CT molecular complexity index is 618. The Morgan fingerprint density at radius 3 is 3.25 bits per heavy atom. The number of nitrogens with zero attached hydrogens (tertiary/aromatic N) is 3. The van der Waals surface area contributed by atoms with Crippen LogP contribution in [0.5, 0.6) is 0 Å². The van der Waals surface area contributed by atoms with E-state index in [9.17, 15) is 4.79 Å². The van der Waals surface area contributed by atoms with Gasteiger partial charge in [0.25, 0.3) is 5.91 Å². The van der Waals surface area contributed by atoms with Crippen LogP contribution in [-0.2, 0) is 13.0 Å². The number of nitrogens with one attached hydrogen (secondary N) is 1. The molecule has 1 N–H and O–H groups in total. The second-order valence-electron chi connectivity index (χ2n) is 5.31. The van der Waals surface area contributed by atoms with Crippen LogP contribution in [0.3, 0.4) is 0 Å². The van der Waals surface area contributed by atoms with Crippen LogP contribution in [0.15, 0.2) is 24.7 Å². The highest BCUT2D eigenvalue weighted by Gasteiger charge is 2.23. The summed E-state index contributed by atoms with van der Waals surface area (Å²) in [6, 6.07) is 1.66. The van der Waals surface area contributed by atoms with Gasteiger partial charge in [0.15, 0.2) is 0 Å². The smallest absolute Gasteiger partial charge is 0.270 e. The number of fused-ring (bicyclic) bond motifs is 1. The van der Waals surface area contributed by atoms with Crippen molar-refractivity contribution >= 4 is 17.5 Å². The molecule has 20 heavy (non-hydrogen) atoms.